The molecule has 4 heterocycles. The first kappa shape index (κ1) is 22.6. The van der Waals surface area contributed by atoms with Crippen LogP contribution < -0.4 is 15.5 Å². The summed E-state index contributed by atoms with van der Waals surface area (Å²) in [6, 6.07) is 8.86. The van der Waals surface area contributed by atoms with Gasteiger partial charge in [0.05, 0.1) is 5.69 Å². The van der Waals surface area contributed by atoms with E-state index in [0.29, 0.717) is 0 Å². The number of fused-ring (bicyclic) bond motifs is 1. The van der Waals surface area contributed by atoms with E-state index in [-0.39, 0.29) is 0 Å². The average molecular weight is 450 g/mol. The fourth-order valence-electron chi connectivity index (χ4n) is 5.22. The zero-order valence-electron chi connectivity index (χ0n) is 20.2. The molecule has 1 aromatic heterocycles. The molecule has 2 saturated heterocycles. The van der Waals surface area contributed by atoms with Crippen molar-refractivity contribution in [3.8, 4) is 11.4 Å². The van der Waals surface area contributed by atoms with Gasteiger partial charge in [0, 0.05) is 62.5 Å². The van der Waals surface area contributed by atoms with Crippen molar-refractivity contribution in [1.29, 1.82) is 0 Å². The third-order valence-corrected chi connectivity index (χ3v) is 7.32. The highest BCUT2D eigenvalue weighted by Gasteiger charge is 2.19. The van der Waals surface area contributed by atoms with Crippen LogP contribution in [0.15, 0.2) is 24.3 Å². The van der Waals surface area contributed by atoms with Gasteiger partial charge in [0.2, 0.25) is 0 Å². The van der Waals surface area contributed by atoms with Gasteiger partial charge in [-0.15, -0.1) is 0 Å². The molecule has 3 aliphatic heterocycles. The monoisotopic (exact) mass is 449 g/mol. The van der Waals surface area contributed by atoms with E-state index in [1.54, 1.807) is 0 Å². The molecule has 1 aromatic carbocycles. The SMILES string of the molecule is CN1CCN(c2ccc(-c3nc4c(c(NCCCN5CCCC5)n3)CCNCC4)cc2)CC1. The summed E-state index contributed by atoms with van der Waals surface area (Å²) in [6.07, 6.45) is 5.83. The smallest absolute Gasteiger partial charge is 0.161 e. The number of aromatic nitrogens is 2. The van der Waals surface area contributed by atoms with Gasteiger partial charge in [0.15, 0.2) is 5.82 Å². The van der Waals surface area contributed by atoms with Crippen LogP contribution in [-0.2, 0) is 12.8 Å². The normalized spacial score (nSPS) is 20.0. The topological polar surface area (TPSA) is 59.6 Å². The van der Waals surface area contributed by atoms with E-state index in [1.807, 2.05) is 0 Å². The Hall–Kier alpha value is -2.22. The first-order valence-corrected chi connectivity index (χ1v) is 12.9. The number of piperazine rings is 1. The molecule has 3 aliphatic rings. The maximum absolute atomic E-state index is 5.04. The molecule has 2 N–H and O–H groups in total. The predicted molar refractivity (Wildman–Crippen MR) is 136 cm³/mol. The molecule has 7 heteroatoms. The van der Waals surface area contributed by atoms with Crippen LogP contribution in [0.1, 0.15) is 30.5 Å². The van der Waals surface area contributed by atoms with Gasteiger partial charge in [-0.1, -0.05) is 0 Å². The summed E-state index contributed by atoms with van der Waals surface area (Å²) in [4.78, 5) is 17.5. The molecule has 0 atom stereocenters. The minimum atomic E-state index is 0.850. The molecule has 0 aliphatic carbocycles. The Kier molecular flexibility index (Phi) is 7.39. The average Bonchev–Trinajstić information content (AvgIpc) is 3.25. The van der Waals surface area contributed by atoms with Crippen molar-refractivity contribution in [1.82, 2.24) is 25.1 Å². The summed E-state index contributed by atoms with van der Waals surface area (Å²) in [5.41, 5.74) is 4.91. The summed E-state index contributed by atoms with van der Waals surface area (Å²) < 4.78 is 0. The predicted octanol–water partition coefficient (Wildman–Crippen LogP) is 2.48. The Bertz CT molecular complexity index is 900. The molecule has 2 aromatic rings. The van der Waals surface area contributed by atoms with Crippen molar-refractivity contribution in [2.24, 2.45) is 0 Å². The van der Waals surface area contributed by atoms with Crippen LogP contribution in [0.2, 0.25) is 0 Å². The van der Waals surface area contributed by atoms with E-state index in [9.17, 15) is 0 Å². The van der Waals surface area contributed by atoms with E-state index < -0.39 is 0 Å². The Balaban J connectivity index is 1.31. The minimum Gasteiger partial charge on any atom is -0.370 e. The van der Waals surface area contributed by atoms with E-state index in [0.717, 1.165) is 82.3 Å². The molecule has 178 valence electrons. The number of nitrogens with zero attached hydrogens (tertiary/aromatic N) is 5. The lowest BCUT2D eigenvalue weighted by atomic mass is 10.1. The molecule has 0 saturated carbocycles. The molecule has 0 bridgehead atoms. The summed E-state index contributed by atoms with van der Waals surface area (Å²) >= 11 is 0. The van der Waals surface area contributed by atoms with Gasteiger partial charge in [-0.3, -0.25) is 0 Å². The molecule has 0 radical (unpaired) electrons. The molecule has 33 heavy (non-hydrogen) atoms. The van der Waals surface area contributed by atoms with Crippen molar-refractivity contribution in [2.75, 3.05) is 82.7 Å². The fourth-order valence-corrected chi connectivity index (χ4v) is 5.22. The van der Waals surface area contributed by atoms with Crippen LogP contribution in [-0.4, -0.2) is 92.3 Å². The van der Waals surface area contributed by atoms with E-state index in [4.69, 9.17) is 9.97 Å². The van der Waals surface area contributed by atoms with Crippen molar-refractivity contribution in [2.45, 2.75) is 32.1 Å². The lowest BCUT2D eigenvalue weighted by molar-refractivity contribution is 0.313. The van der Waals surface area contributed by atoms with Crippen LogP contribution in [0.3, 0.4) is 0 Å². The third-order valence-electron chi connectivity index (χ3n) is 7.32. The minimum absolute atomic E-state index is 0.850. The van der Waals surface area contributed by atoms with Gasteiger partial charge >= 0.3 is 0 Å². The number of hydrogen-bond donors (Lipinski definition) is 2. The van der Waals surface area contributed by atoms with Gasteiger partial charge in [-0.05, 0) is 83.2 Å². The molecule has 0 spiro atoms. The van der Waals surface area contributed by atoms with Crippen molar-refractivity contribution in [3.63, 3.8) is 0 Å². The van der Waals surface area contributed by atoms with Crippen molar-refractivity contribution < 1.29 is 0 Å². The Labute approximate surface area is 198 Å². The Morgan fingerprint density at radius 2 is 1.67 bits per heavy atom. The van der Waals surface area contributed by atoms with Gasteiger partial charge in [0.1, 0.15) is 5.82 Å². The lowest BCUT2D eigenvalue weighted by Gasteiger charge is -2.34. The number of anilines is 2. The molecule has 2 fully saturated rings. The summed E-state index contributed by atoms with van der Waals surface area (Å²) in [7, 11) is 2.20. The maximum atomic E-state index is 5.04. The van der Waals surface area contributed by atoms with Gasteiger partial charge < -0.3 is 25.3 Å². The number of rotatable bonds is 7. The summed E-state index contributed by atoms with van der Waals surface area (Å²) in [5.74, 6) is 1.89. The Morgan fingerprint density at radius 3 is 2.45 bits per heavy atom. The number of benzene rings is 1. The number of hydrogen-bond acceptors (Lipinski definition) is 7. The molecule has 0 unspecified atom stereocenters. The van der Waals surface area contributed by atoms with Gasteiger partial charge in [-0.25, -0.2) is 9.97 Å². The molecule has 7 nitrogen and oxygen atoms in total. The highest BCUT2D eigenvalue weighted by atomic mass is 15.2. The Morgan fingerprint density at radius 1 is 0.909 bits per heavy atom. The molecule has 0 amide bonds. The zero-order chi connectivity index (χ0) is 22.5. The second-order valence-corrected chi connectivity index (χ2v) is 9.74. The third kappa shape index (κ3) is 5.65. The van der Waals surface area contributed by atoms with Crippen LogP contribution in [0.5, 0.6) is 0 Å². The van der Waals surface area contributed by atoms with Gasteiger partial charge in [-0.2, -0.15) is 0 Å². The highest BCUT2D eigenvalue weighted by molar-refractivity contribution is 5.63. The van der Waals surface area contributed by atoms with Crippen LogP contribution in [0.4, 0.5) is 11.5 Å². The standard InChI is InChI=1S/C26H39N7/c1-31-17-19-33(20-18-31)22-7-5-21(6-8-22)25-29-24-10-13-27-12-9-23(24)26(30-25)28-11-4-16-32-14-2-3-15-32/h5-8,27H,2-4,9-20H2,1H3,(H,28,29,30). The first-order chi connectivity index (χ1) is 16.3. The number of likely N-dealkylation sites (N-methyl/N-ethyl adjacent to an activating group) is 1. The first-order valence-electron chi connectivity index (χ1n) is 12.9. The lowest BCUT2D eigenvalue weighted by Crippen LogP contribution is -2.44. The number of nitrogens with one attached hydrogen (secondary N) is 2. The molecule has 5 rings (SSSR count). The van der Waals surface area contributed by atoms with Crippen LogP contribution in [0, 0.1) is 0 Å². The molecular formula is C26H39N7. The van der Waals surface area contributed by atoms with Crippen molar-refractivity contribution >= 4 is 11.5 Å². The highest BCUT2D eigenvalue weighted by Crippen LogP contribution is 2.26. The van der Waals surface area contributed by atoms with E-state index >= 15 is 0 Å². The largest absolute Gasteiger partial charge is 0.370 e. The summed E-state index contributed by atoms with van der Waals surface area (Å²) in [6.45, 7) is 11.1. The quantitative estimate of drug-likeness (QED) is 0.630. The molecular weight excluding hydrogens is 410 g/mol. The second-order valence-electron chi connectivity index (χ2n) is 9.74. The second kappa shape index (κ2) is 10.8. The van der Waals surface area contributed by atoms with E-state index in [1.165, 1.54) is 49.4 Å². The number of likely N-dealkylation sites (tertiary alicyclic amines) is 1. The zero-order valence-corrected chi connectivity index (χ0v) is 20.2. The fraction of sp³-hybridized carbons (Fsp3) is 0.615. The van der Waals surface area contributed by atoms with Crippen LogP contribution >= 0.6 is 0 Å². The maximum Gasteiger partial charge on any atom is 0.161 e. The van der Waals surface area contributed by atoms with Gasteiger partial charge in [0.25, 0.3) is 0 Å². The van der Waals surface area contributed by atoms with Crippen LogP contribution in [0.25, 0.3) is 11.4 Å². The van der Waals surface area contributed by atoms with E-state index in [2.05, 4.69) is 56.6 Å². The summed E-state index contributed by atoms with van der Waals surface area (Å²) in [5, 5.41) is 7.20. The van der Waals surface area contributed by atoms with Crippen molar-refractivity contribution in [3.05, 3.63) is 35.5 Å².